The van der Waals surface area contributed by atoms with Crippen molar-refractivity contribution in [2.24, 2.45) is 0 Å². The molecule has 0 heterocycles. The lowest BCUT2D eigenvalue weighted by molar-refractivity contribution is 0.719. The number of hydrogen-bond donors (Lipinski definition) is 0. The molecule has 56 valence electrons. The molecule has 0 aromatic heterocycles. The average molecular weight is 138 g/mol. The van der Waals surface area contributed by atoms with E-state index < -0.39 is 0 Å². The van der Waals surface area contributed by atoms with Gasteiger partial charge in [-0.3, -0.25) is 0 Å². The highest BCUT2D eigenvalue weighted by Gasteiger charge is 1.90. The normalized spacial score (nSPS) is 8.10. The second-order valence-corrected chi connectivity index (χ2v) is 2.24. The first kappa shape index (κ1) is 9.23. The van der Waals surface area contributed by atoms with Gasteiger partial charge in [0, 0.05) is 6.42 Å². The van der Waals surface area contributed by atoms with E-state index in [1.807, 2.05) is 13.0 Å². The van der Waals surface area contributed by atoms with Crippen LogP contribution in [0.25, 0.3) is 4.85 Å². The van der Waals surface area contributed by atoms with E-state index >= 15 is 0 Å². The van der Waals surface area contributed by atoms with Crippen molar-refractivity contribution in [2.75, 3.05) is 6.54 Å². The smallest absolute Gasteiger partial charge is 0.103 e. The average Bonchev–Trinajstić information content (AvgIpc) is 1.97. The predicted molar refractivity (Wildman–Crippen MR) is 46.5 cm³/mol. The molecule has 0 aliphatic heterocycles. The zero-order valence-corrected chi connectivity index (χ0v) is 6.77. The minimum atomic E-state index is 0.938. The molecule has 0 unspecified atom stereocenters. The molecular weight excluding hydrogens is 122 g/mol. The van der Waals surface area contributed by atoms with Crippen molar-refractivity contribution in [3.05, 3.63) is 17.5 Å². The fourth-order valence-electron chi connectivity index (χ4n) is 0.768. The van der Waals surface area contributed by atoms with Gasteiger partial charge < -0.3 is 0 Å². The highest BCUT2D eigenvalue weighted by atomic mass is 14.6. The SMILES string of the molecule is C=CCCCCC[N+]#CC. The first-order valence-corrected chi connectivity index (χ1v) is 3.86. The van der Waals surface area contributed by atoms with E-state index in [1.165, 1.54) is 19.3 Å². The molecule has 0 fully saturated rings. The predicted octanol–water partition coefficient (Wildman–Crippen LogP) is 3.09. The molecule has 10 heavy (non-hydrogen) atoms. The summed E-state index contributed by atoms with van der Waals surface area (Å²) in [5.41, 5.74) is 0. The lowest BCUT2D eigenvalue weighted by Crippen LogP contribution is -1.78. The third kappa shape index (κ3) is 7.23. The molecule has 0 bridgehead atoms. The standard InChI is InChI=1S/C9H16N/c1-3-5-6-7-8-9-10-4-2/h3H,1,5-9H2,2H3/q+1. The van der Waals surface area contributed by atoms with Gasteiger partial charge in [-0.25, -0.2) is 0 Å². The van der Waals surface area contributed by atoms with Crippen LogP contribution in [0.3, 0.4) is 0 Å². The van der Waals surface area contributed by atoms with Crippen molar-refractivity contribution < 1.29 is 0 Å². The van der Waals surface area contributed by atoms with Crippen LogP contribution >= 0.6 is 0 Å². The van der Waals surface area contributed by atoms with Crippen molar-refractivity contribution in [1.82, 2.24) is 0 Å². The van der Waals surface area contributed by atoms with Crippen LogP contribution in [0.2, 0.25) is 0 Å². The zero-order chi connectivity index (χ0) is 7.66. The Morgan fingerprint density at radius 3 is 2.80 bits per heavy atom. The zero-order valence-electron chi connectivity index (χ0n) is 6.77. The van der Waals surface area contributed by atoms with E-state index in [1.54, 1.807) is 0 Å². The summed E-state index contributed by atoms with van der Waals surface area (Å²) >= 11 is 0. The van der Waals surface area contributed by atoms with E-state index in [2.05, 4.69) is 17.5 Å². The summed E-state index contributed by atoms with van der Waals surface area (Å²) in [5.74, 6) is 0. The maximum absolute atomic E-state index is 3.99. The first-order chi connectivity index (χ1) is 4.91. The van der Waals surface area contributed by atoms with Crippen LogP contribution in [0.15, 0.2) is 12.7 Å². The summed E-state index contributed by atoms with van der Waals surface area (Å²) in [4.78, 5) is 3.99. The molecule has 0 saturated heterocycles. The molecule has 1 heteroatoms. The number of nitrogens with zero attached hydrogens (tertiary/aromatic N) is 1. The minimum Gasteiger partial charge on any atom is -0.103 e. The minimum absolute atomic E-state index is 0.938. The number of rotatable bonds is 5. The second-order valence-electron chi connectivity index (χ2n) is 2.24. The van der Waals surface area contributed by atoms with Crippen molar-refractivity contribution in [2.45, 2.75) is 32.6 Å². The molecule has 0 rings (SSSR count). The van der Waals surface area contributed by atoms with Gasteiger partial charge in [0.2, 0.25) is 0 Å². The van der Waals surface area contributed by atoms with Gasteiger partial charge in [0.15, 0.2) is 0 Å². The molecule has 0 aromatic rings. The van der Waals surface area contributed by atoms with E-state index in [4.69, 9.17) is 0 Å². The monoisotopic (exact) mass is 138 g/mol. The summed E-state index contributed by atoms with van der Waals surface area (Å²) in [7, 11) is 0. The molecule has 0 N–H and O–H groups in total. The molecule has 0 amide bonds. The molecule has 0 aliphatic carbocycles. The Kier molecular flexibility index (Phi) is 7.60. The van der Waals surface area contributed by atoms with E-state index in [0.29, 0.717) is 0 Å². The van der Waals surface area contributed by atoms with E-state index in [-0.39, 0.29) is 0 Å². The first-order valence-electron chi connectivity index (χ1n) is 3.86. The van der Waals surface area contributed by atoms with Gasteiger partial charge in [0.05, 0.1) is 6.92 Å². The van der Waals surface area contributed by atoms with Crippen LogP contribution in [0.5, 0.6) is 0 Å². The lowest BCUT2D eigenvalue weighted by Gasteiger charge is -1.88. The number of hydrogen-bond acceptors (Lipinski definition) is 0. The molecule has 0 aliphatic rings. The van der Waals surface area contributed by atoms with E-state index in [9.17, 15) is 0 Å². The fraction of sp³-hybridized carbons (Fsp3) is 0.667. The van der Waals surface area contributed by atoms with Crippen LogP contribution in [0.4, 0.5) is 0 Å². The maximum Gasteiger partial charge on any atom is 0.269 e. The van der Waals surface area contributed by atoms with E-state index in [0.717, 1.165) is 13.0 Å². The Labute approximate surface area is 63.6 Å². The third-order valence-corrected chi connectivity index (χ3v) is 1.34. The summed E-state index contributed by atoms with van der Waals surface area (Å²) in [5, 5.41) is 0. The molecule has 0 saturated carbocycles. The lowest BCUT2D eigenvalue weighted by atomic mass is 10.2. The Morgan fingerprint density at radius 1 is 1.40 bits per heavy atom. The van der Waals surface area contributed by atoms with Crippen LogP contribution in [-0.4, -0.2) is 6.54 Å². The van der Waals surface area contributed by atoms with Crippen molar-refractivity contribution in [3.8, 4) is 6.07 Å². The molecule has 0 atom stereocenters. The highest BCUT2D eigenvalue weighted by molar-refractivity contribution is 4.79. The Balaban J connectivity index is 2.88. The Morgan fingerprint density at radius 2 is 2.20 bits per heavy atom. The van der Waals surface area contributed by atoms with Gasteiger partial charge in [0.25, 0.3) is 12.6 Å². The van der Waals surface area contributed by atoms with Gasteiger partial charge in [-0.05, 0) is 19.3 Å². The maximum atomic E-state index is 3.99. The Bertz CT molecular complexity index is 127. The quantitative estimate of drug-likeness (QED) is 0.406. The van der Waals surface area contributed by atoms with Gasteiger partial charge >= 0.3 is 0 Å². The molecule has 0 aromatic carbocycles. The van der Waals surface area contributed by atoms with Crippen LogP contribution in [0, 0.1) is 6.07 Å². The van der Waals surface area contributed by atoms with Gasteiger partial charge in [-0.1, -0.05) is 10.9 Å². The summed E-state index contributed by atoms with van der Waals surface area (Å²) in [6.07, 6.45) is 6.81. The summed E-state index contributed by atoms with van der Waals surface area (Å²) in [6, 6.07) is 2.76. The number of allylic oxidation sites excluding steroid dienone is 1. The number of unbranched alkanes of at least 4 members (excludes halogenated alkanes) is 3. The molecule has 0 spiro atoms. The van der Waals surface area contributed by atoms with Gasteiger partial charge in [-0.15, -0.1) is 6.58 Å². The van der Waals surface area contributed by atoms with Crippen molar-refractivity contribution in [3.63, 3.8) is 0 Å². The van der Waals surface area contributed by atoms with Crippen LogP contribution in [0.1, 0.15) is 32.6 Å². The fourth-order valence-corrected chi connectivity index (χ4v) is 0.768. The van der Waals surface area contributed by atoms with Gasteiger partial charge in [-0.2, -0.15) is 0 Å². The van der Waals surface area contributed by atoms with Gasteiger partial charge in [0.1, 0.15) is 0 Å². The van der Waals surface area contributed by atoms with Crippen LogP contribution in [-0.2, 0) is 0 Å². The molecule has 1 nitrogen and oxygen atoms in total. The molecule has 0 radical (unpaired) electrons. The topological polar surface area (TPSA) is 4.36 Å². The third-order valence-electron chi connectivity index (χ3n) is 1.34. The Hall–Kier alpha value is -0.770. The molecular formula is C9H16N+. The van der Waals surface area contributed by atoms with Crippen LogP contribution < -0.4 is 0 Å². The largest absolute Gasteiger partial charge is 0.269 e. The summed E-state index contributed by atoms with van der Waals surface area (Å²) < 4.78 is 0. The van der Waals surface area contributed by atoms with Crippen molar-refractivity contribution in [1.29, 1.82) is 0 Å². The highest BCUT2D eigenvalue weighted by Crippen LogP contribution is 1.99. The second kappa shape index (κ2) is 8.23. The summed E-state index contributed by atoms with van der Waals surface area (Å²) in [6.45, 7) is 6.43. The van der Waals surface area contributed by atoms with Crippen molar-refractivity contribution >= 4 is 0 Å².